The molecule has 0 bridgehead atoms. The molecule has 0 saturated carbocycles. The summed E-state index contributed by atoms with van der Waals surface area (Å²) >= 11 is 0. The lowest BCUT2D eigenvalue weighted by molar-refractivity contribution is 0.424. The van der Waals surface area contributed by atoms with Crippen LogP contribution in [0.15, 0.2) is 36.7 Å². The SMILES string of the molecule is CC(C)NCc1cnc(Oc2ccccc2F)cn1. The molecular formula is C14H16FN3O. The van der Waals surface area contributed by atoms with E-state index in [1.165, 1.54) is 12.3 Å². The maximum atomic E-state index is 13.4. The summed E-state index contributed by atoms with van der Waals surface area (Å²) in [5.74, 6) is -0.00176. The largest absolute Gasteiger partial charge is 0.434 e. The third kappa shape index (κ3) is 3.99. The Labute approximate surface area is 111 Å². The van der Waals surface area contributed by atoms with Gasteiger partial charge in [0.05, 0.1) is 18.1 Å². The van der Waals surface area contributed by atoms with Gasteiger partial charge in [-0.15, -0.1) is 0 Å². The van der Waals surface area contributed by atoms with Gasteiger partial charge in [0.2, 0.25) is 5.88 Å². The molecule has 5 heteroatoms. The van der Waals surface area contributed by atoms with Crippen LogP contribution in [0.5, 0.6) is 11.6 Å². The molecule has 0 aliphatic carbocycles. The smallest absolute Gasteiger partial charge is 0.237 e. The number of hydrogen-bond donors (Lipinski definition) is 1. The van der Waals surface area contributed by atoms with E-state index in [9.17, 15) is 4.39 Å². The Hall–Kier alpha value is -2.01. The van der Waals surface area contributed by atoms with Crippen molar-refractivity contribution in [3.8, 4) is 11.6 Å². The fraction of sp³-hybridized carbons (Fsp3) is 0.286. The molecule has 100 valence electrons. The molecule has 1 N–H and O–H groups in total. The van der Waals surface area contributed by atoms with Crippen LogP contribution in [-0.2, 0) is 6.54 Å². The van der Waals surface area contributed by atoms with Gasteiger partial charge in [-0.1, -0.05) is 26.0 Å². The number of nitrogens with zero attached hydrogens (tertiary/aromatic N) is 2. The van der Waals surface area contributed by atoms with E-state index in [1.807, 2.05) is 0 Å². The number of ether oxygens (including phenoxy) is 1. The summed E-state index contributed by atoms with van der Waals surface area (Å²) in [7, 11) is 0. The fourth-order valence-corrected chi connectivity index (χ4v) is 1.44. The maximum Gasteiger partial charge on any atom is 0.237 e. The van der Waals surface area contributed by atoms with Gasteiger partial charge in [-0.2, -0.15) is 0 Å². The Morgan fingerprint density at radius 2 is 2.00 bits per heavy atom. The number of para-hydroxylation sites is 1. The Morgan fingerprint density at radius 1 is 1.21 bits per heavy atom. The van der Waals surface area contributed by atoms with E-state index in [-0.39, 0.29) is 11.6 Å². The van der Waals surface area contributed by atoms with E-state index in [4.69, 9.17) is 4.74 Å². The summed E-state index contributed by atoms with van der Waals surface area (Å²) in [6.07, 6.45) is 3.11. The topological polar surface area (TPSA) is 47.0 Å². The molecule has 0 aliphatic heterocycles. The van der Waals surface area contributed by atoms with Crippen LogP contribution in [0.25, 0.3) is 0 Å². The molecule has 0 atom stereocenters. The molecule has 0 saturated heterocycles. The van der Waals surface area contributed by atoms with Crippen LogP contribution >= 0.6 is 0 Å². The molecule has 2 rings (SSSR count). The van der Waals surface area contributed by atoms with E-state index in [1.54, 1.807) is 24.4 Å². The van der Waals surface area contributed by atoms with Crippen molar-refractivity contribution in [3.05, 3.63) is 48.2 Å². The van der Waals surface area contributed by atoms with Gasteiger partial charge in [0.1, 0.15) is 0 Å². The monoisotopic (exact) mass is 261 g/mol. The minimum Gasteiger partial charge on any atom is -0.434 e. The van der Waals surface area contributed by atoms with E-state index in [2.05, 4.69) is 29.1 Å². The molecule has 4 nitrogen and oxygen atoms in total. The van der Waals surface area contributed by atoms with Crippen molar-refractivity contribution in [2.45, 2.75) is 26.4 Å². The van der Waals surface area contributed by atoms with Crippen LogP contribution in [0.4, 0.5) is 4.39 Å². The summed E-state index contributed by atoms with van der Waals surface area (Å²) in [5, 5.41) is 3.24. The lowest BCUT2D eigenvalue weighted by Gasteiger charge is -2.08. The second-order valence-electron chi connectivity index (χ2n) is 4.41. The number of nitrogens with one attached hydrogen (secondary N) is 1. The number of aromatic nitrogens is 2. The van der Waals surface area contributed by atoms with Crippen molar-refractivity contribution in [1.82, 2.24) is 15.3 Å². The number of rotatable bonds is 5. The highest BCUT2D eigenvalue weighted by Crippen LogP contribution is 2.21. The molecule has 0 radical (unpaired) electrons. The van der Waals surface area contributed by atoms with Gasteiger partial charge < -0.3 is 10.1 Å². The Morgan fingerprint density at radius 3 is 2.63 bits per heavy atom. The quantitative estimate of drug-likeness (QED) is 0.899. The van der Waals surface area contributed by atoms with E-state index in [0.29, 0.717) is 12.6 Å². The predicted octanol–water partition coefficient (Wildman–Crippen LogP) is 2.91. The zero-order chi connectivity index (χ0) is 13.7. The standard InChI is InChI=1S/C14H16FN3O/c1-10(2)16-7-11-8-18-14(9-17-11)19-13-6-4-3-5-12(13)15/h3-6,8-10,16H,7H2,1-2H3. The van der Waals surface area contributed by atoms with Crippen LogP contribution in [0, 0.1) is 5.82 Å². The van der Waals surface area contributed by atoms with Crippen LogP contribution < -0.4 is 10.1 Å². The summed E-state index contributed by atoms with van der Waals surface area (Å²) < 4.78 is 18.7. The van der Waals surface area contributed by atoms with E-state index in [0.717, 1.165) is 5.69 Å². The summed E-state index contributed by atoms with van der Waals surface area (Å²) in [6, 6.07) is 6.58. The van der Waals surface area contributed by atoms with Crippen LogP contribution in [0.3, 0.4) is 0 Å². The molecule has 1 heterocycles. The molecule has 19 heavy (non-hydrogen) atoms. The second kappa shape index (κ2) is 6.24. The molecule has 1 aromatic carbocycles. The average Bonchev–Trinajstić information content (AvgIpc) is 2.40. The highest BCUT2D eigenvalue weighted by atomic mass is 19.1. The number of hydrogen-bond acceptors (Lipinski definition) is 4. The third-order valence-corrected chi connectivity index (χ3v) is 2.42. The predicted molar refractivity (Wildman–Crippen MR) is 70.5 cm³/mol. The van der Waals surface area contributed by atoms with Crippen LogP contribution in [0.1, 0.15) is 19.5 Å². The highest BCUT2D eigenvalue weighted by molar-refractivity contribution is 5.27. The van der Waals surface area contributed by atoms with Gasteiger partial charge in [0.15, 0.2) is 11.6 Å². The average molecular weight is 261 g/mol. The van der Waals surface area contributed by atoms with Crippen molar-refractivity contribution in [2.75, 3.05) is 0 Å². The minimum absolute atomic E-state index is 0.143. The number of halogens is 1. The Bertz CT molecular complexity index is 528. The molecule has 0 unspecified atom stereocenters. The summed E-state index contributed by atoms with van der Waals surface area (Å²) in [5.41, 5.74) is 0.814. The van der Waals surface area contributed by atoms with Crippen molar-refractivity contribution < 1.29 is 9.13 Å². The Balaban J connectivity index is 2.01. The Kier molecular flexibility index (Phi) is 4.41. The molecule has 0 aliphatic rings. The van der Waals surface area contributed by atoms with Gasteiger partial charge >= 0.3 is 0 Å². The van der Waals surface area contributed by atoms with Gasteiger partial charge in [0.25, 0.3) is 0 Å². The van der Waals surface area contributed by atoms with E-state index < -0.39 is 5.82 Å². The minimum atomic E-state index is -0.421. The third-order valence-electron chi connectivity index (χ3n) is 2.42. The number of benzene rings is 1. The van der Waals surface area contributed by atoms with Crippen LogP contribution in [0.2, 0.25) is 0 Å². The lowest BCUT2D eigenvalue weighted by Crippen LogP contribution is -2.22. The van der Waals surface area contributed by atoms with Crippen molar-refractivity contribution in [3.63, 3.8) is 0 Å². The van der Waals surface area contributed by atoms with Gasteiger partial charge in [-0.05, 0) is 12.1 Å². The molecule has 0 fully saturated rings. The molecule has 0 spiro atoms. The van der Waals surface area contributed by atoms with Gasteiger partial charge in [-0.3, -0.25) is 4.98 Å². The van der Waals surface area contributed by atoms with Crippen molar-refractivity contribution in [1.29, 1.82) is 0 Å². The zero-order valence-electron chi connectivity index (χ0n) is 10.9. The summed E-state index contributed by atoms with van der Waals surface area (Å²) in [6.45, 7) is 4.76. The van der Waals surface area contributed by atoms with Crippen molar-refractivity contribution in [2.24, 2.45) is 0 Å². The fourth-order valence-electron chi connectivity index (χ4n) is 1.44. The first kappa shape index (κ1) is 13.4. The molecular weight excluding hydrogens is 245 g/mol. The first-order valence-corrected chi connectivity index (χ1v) is 6.12. The highest BCUT2D eigenvalue weighted by Gasteiger charge is 2.05. The first-order valence-electron chi connectivity index (χ1n) is 6.12. The van der Waals surface area contributed by atoms with Gasteiger partial charge in [0, 0.05) is 12.6 Å². The molecule has 1 aromatic heterocycles. The summed E-state index contributed by atoms with van der Waals surface area (Å²) in [4.78, 5) is 8.31. The maximum absolute atomic E-state index is 13.4. The first-order chi connectivity index (χ1) is 9.15. The molecule has 2 aromatic rings. The second-order valence-corrected chi connectivity index (χ2v) is 4.41. The lowest BCUT2D eigenvalue weighted by atomic mass is 10.3. The zero-order valence-corrected chi connectivity index (χ0v) is 10.9. The van der Waals surface area contributed by atoms with E-state index >= 15 is 0 Å². The van der Waals surface area contributed by atoms with Crippen LogP contribution in [-0.4, -0.2) is 16.0 Å². The molecule has 0 amide bonds. The van der Waals surface area contributed by atoms with Crippen molar-refractivity contribution >= 4 is 0 Å². The van der Waals surface area contributed by atoms with Gasteiger partial charge in [-0.25, -0.2) is 9.37 Å². The normalized spacial score (nSPS) is 10.7.